The SMILES string of the molecule is CC(=O)NC1C(O[C@@H]2OC(CO)[C@H](O)C(O[C@]3(C(=O)O)C[C@@H](O)[C@@H](NC(C)=O)C([C@H](O)[C@H](O)CO)O3)C2O)[C@@H](O)C(CO)O[C@H]1O[C@@H]1C(O)[C@@H](O[C@H]2C(CO)O[C@@H](O[C@@H]3C(CO)O[C@@H](O)[C@@H](O)C3O)[C@@H](O)C2O)OC(CO)[C@@H]1O. The van der Waals surface area contributed by atoms with E-state index in [1.807, 2.05) is 0 Å². The molecular weight excluding hydrogens is 1090 g/mol. The average Bonchev–Trinajstić information content (AvgIpc) is 3.55. The molecule has 6 heterocycles. The normalized spacial score (nSPS) is 47.7. The summed E-state index contributed by atoms with van der Waals surface area (Å²) in [6.45, 7) is -4.53. The Morgan fingerprint density at radius 3 is 1.39 bits per heavy atom. The van der Waals surface area contributed by atoms with Crippen LogP contribution in [0.5, 0.6) is 0 Å². The maximum atomic E-state index is 13.1. The van der Waals surface area contributed by atoms with Crippen molar-refractivity contribution in [1.29, 1.82) is 0 Å². The minimum Gasteiger partial charge on any atom is -0.477 e. The van der Waals surface area contributed by atoms with Crippen molar-refractivity contribution in [3.05, 3.63) is 0 Å². The molecule has 6 saturated heterocycles. The van der Waals surface area contributed by atoms with Gasteiger partial charge < -0.3 is 165 Å². The maximum Gasteiger partial charge on any atom is 0.364 e. The third-order valence-corrected chi connectivity index (χ3v) is 14.2. The van der Waals surface area contributed by atoms with Gasteiger partial charge in [0.25, 0.3) is 5.79 Å². The number of aliphatic hydroxyl groups excluding tert-OH is 19. The lowest BCUT2D eigenvalue weighted by atomic mass is 9.88. The first-order valence-corrected chi connectivity index (χ1v) is 24.8. The zero-order chi connectivity index (χ0) is 58.7. The fourth-order valence-corrected chi connectivity index (χ4v) is 10.0. The second-order valence-corrected chi connectivity index (χ2v) is 19.7. The van der Waals surface area contributed by atoms with Crippen LogP contribution < -0.4 is 10.6 Å². The van der Waals surface area contributed by atoms with Gasteiger partial charge in [-0.2, -0.15) is 0 Å². The van der Waals surface area contributed by atoms with E-state index in [1.165, 1.54) is 0 Å². The van der Waals surface area contributed by atoms with Crippen LogP contribution in [0.2, 0.25) is 0 Å². The van der Waals surface area contributed by atoms with Gasteiger partial charge in [-0.25, -0.2) is 4.79 Å². The number of carboxylic acid groups (broad SMARTS) is 1. The molecule has 79 heavy (non-hydrogen) atoms. The molecule has 13 unspecified atom stereocenters. The van der Waals surface area contributed by atoms with Crippen LogP contribution >= 0.6 is 0 Å². The van der Waals surface area contributed by atoms with Crippen molar-refractivity contribution in [3.8, 4) is 0 Å². The first kappa shape index (κ1) is 65.4. The van der Waals surface area contributed by atoms with E-state index in [0.717, 1.165) is 13.8 Å². The fraction of sp³-hybridized carbons (Fsp3) is 0.930. The van der Waals surface area contributed by atoms with E-state index in [1.54, 1.807) is 0 Å². The Balaban J connectivity index is 1.25. The van der Waals surface area contributed by atoms with Crippen LogP contribution in [0, 0.1) is 0 Å². The molecule has 6 rings (SSSR count). The number of carboxylic acids is 1. The van der Waals surface area contributed by atoms with Crippen LogP contribution in [0.3, 0.4) is 0 Å². The number of amides is 2. The summed E-state index contributed by atoms with van der Waals surface area (Å²) < 4.78 is 62.2. The Hall–Kier alpha value is -2.79. The Morgan fingerprint density at radius 2 is 0.899 bits per heavy atom. The molecule has 0 radical (unpaired) electrons. The summed E-state index contributed by atoms with van der Waals surface area (Å²) in [5.41, 5.74) is 0. The number of rotatable bonds is 21. The summed E-state index contributed by atoms with van der Waals surface area (Å²) in [7, 11) is 0. The highest BCUT2D eigenvalue weighted by atomic mass is 16.8. The molecule has 36 nitrogen and oxygen atoms in total. The smallest absolute Gasteiger partial charge is 0.364 e. The summed E-state index contributed by atoms with van der Waals surface area (Å²) in [6.07, 6.45) is -58.6. The third-order valence-electron chi connectivity index (χ3n) is 14.2. The highest BCUT2D eigenvalue weighted by molar-refractivity contribution is 5.76. The first-order chi connectivity index (χ1) is 37.2. The number of aliphatic hydroxyl groups is 19. The standard InChI is InChI=1S/C43H72N2O34/c1-10(52)44-19-12(54)3-43(42(67)68,78-34(19)21(56)13(55)4-46)79-36-24(59)16(7-49)72-41(30(36)65)76-33-20(45-11(2)53)38(70-14(5-47)22(33)57)77-35-23(58)15(6-48)71-40(29(35)64)75-32-18(9-51)73-39(28(63)26(32)61)74-31-17(8-50)69-37(66)27(62)25(31)60/h12-41,46-51,54-66H,3-9H2,1-2H3,(H,44,52)(H,45,53)(H,67,68)/t12-,13-,14?,15?,16?,17?,18?,19-,20?,21-,22+,23+,24+,25?,26?,27+,28+,29?,30?,31-,32+,33?,34?,35+,36?,37-,38+,39+,40-,41+,43+/m1/s1. The predicted molar refractivity (Wildman–Crippen MR) is 240 cm³/mol. The van der Waals surface area contributed by atoms with Crippen LogP contribution in [-0.4, -0.2) is 349 Å². The van der Waals surface area contributed by atoms with Gasteiger partial charge in [-0.15, -0.1) is 0 Å². The second-order valence-electron chi connectivity index (χ2n) is 19.7. The molecule has 0 aromatic carbocycles. The number of aliphatic carboxylic acids is 1. The van der Waals surface area contributed by atoms with Gasteiger partial charge in [0.2, 0.25) is 11.8 Å². The molecular formula is C43H72N2O34. The molecule has 0 saturated carbocycles. The van der Waals surface area contributed by atoms with Gasteiger partial charge in [0.1, 0.15) is 140 Å². The van der Waals surface area contributed by atoms with Crippen molar-refractivity contribution in [2.24, 2.45) is 0 Å². The van der Waals surface area contributed by atoms with Crippen molar-refractivity contribution < 1.29 is 169 Å². The topological polar surface area (TPSA) is 581 Å². The Labute approximate surface area is 446 Å². The minimum atomic E-state index is -3.23. The highest BCUT2D eigenvalue weighted by Crippen LogP contribution is 2.40. The van der Waals surface area contributed by atoms with Gasteiger partial charge in [0, 0.05) is 20.3 Å². The lowest BCUT2D eigenvalue weighted by molar-refractivity contribution is -0.392. The Morgan fingerprint density at radius 1 is 0.494 bits per heavy atom. The molecule has 0 bridgehead atoms. The van der Waals surface area contributed by atoms with Crippen LogP contribution in [0.25, 0.3) is 0 Å². The number of ether oxygens (including phenoxy) is 11. The van der Waals surface area contributed by atoms with E-state index >= 15 is 0 Å². The van der Waals surface area contributed by atoms with Gasteiger partial charge in [-0.1, -0.05) is 0 Å². The summed E-state index contributed by atoms with van der Waals surface area (Å²) >= 11 is 0. The Kier molecular flexibility index (Phi) is 22.9. The summed E-state index contributed by atoms with van der Waals surface area (Å²) in [5.74, 6) is -7.11. The van der Waals surface area contributed by atoms with Gasteiger partial charge in [0.15, 0.2) is 31.5 Å². The van der Waals surface area contributed by atoms with E-state index in [4.69, 9.17) is 52.1 Å². The van der Waals surface area contributed by atoms with Gasteiger partial charge in [-0.3, -0.25) is 9.59 Å². The summed E-state index contributed by atoms with van der Waals surface area (Å²) in [5, 5.41) is 219. The second kappa shape index (κ2) is 27.7. The quantitative estimate of drug-likeness (QED) is 0.0507. The molecule has 0 aromatic rings. The van der Waals surface area contributed by atoms with Crippen LogP contribution in [0.4, 0.5) is 0 Å². The predicted octanol–water partition coefficient (Wildman–Crippen LogP) is -14.6. The average molecular weight is 1160 g/mol. The zero-order valence-corrected chi connectivity index (χ0v) is 41.9. The van der Waals surface area contributed by atoms with Crippen molar-refractivity contribution in [2.45, 2.75) is 210 Å². The number of nitrogens with one attached hydrogen (secondary N) is 2. The highest BCUT2D eigenvalue weighted by Gasteiger charge is 2.61. The number of carbonyl (C=O) groups is 3. The number of carbonyl (C=O) groups excluding carboxylic acids is 2. The van der Waals surface area contributed by atoms with Crippen molar-refractivity contribution in [1.82, 2.24) is 10.6 Å². The van der Waals surface area contributed by atoms with E-state index in [-0.39, 0.29) is 0 Å². The molecule has 6 fully saturated rings. The lowest BCUT2D eigenvalue weighted by Crippen LogP contribution is -2.71. The molecule has 22 N–H and O–H groups in total. The number of hydrogen-bond donors (Lipinski definition) is 22. The molecule has 0 aliphatic carbocycles. The largest absolute Gasteiger partial charge is 0.477 e. The minimum absolute atomic E-state index is 0.836. The molecule has 6 aliphatic rings. The molecule has 2 amide bonds. The fourth-order valence-electron chi connectivity index (χ4n) is 10.0. The molecule has 0 aromatic heterocycles. The monoisotopic (exact) mass is 1160 g/mol. The van der Waals surface area contributed by atoms with E-state index in [9.17, 15) is 117 Å². The summed E-state index contributed by atoms with van der Waals surface area (Å²) in [4.78, 5) is 38.0. The number of hydrogen-bond acceptors (Lipinski definition) is 33. The lowest BCUT2D eigenvalue weighted by Gasteiger charge is -2.51. The Bertz CT molecular complexity index is 1970. The van der Waals surface area contributed by atoms with E-state index < -0.39 is 254 Å². The van der Waals surface area contributed by atoms with Crippen molar-refractivity contribution in [2.75, 3.05) is 39.6 Å². The van der Waals surface area contributed by atoms with E-state index in [2.05, 4.69) is 10.6 Å². The van der Waals surface area contributed by atoms with Gasteiger partial charge in [-0.05, 0) is 0 Å². The maximum absolute atomic E-state index is 13.1. The third kappa shape index (κ3) is 13.9. The molecule has 458 valence electrons. The van der Waals surface area contributed by atoms with Crippen LogP contribution in [0.1, 0.15) is 20.3 Å². The van der Waals surface area contributed by atoms with Crippen molar-refractivity contribution in [3.63, 3.8) is 0 Å². The molecule has 31 atom stereocenters. The molecule has 0 spiro atoms. The van der Waals surface area contributed by atoms with Crippen LogP contribution in [-0.2, 0) is 66.5 Å². The van der Waals surface area contributed by atoms with Gasteiger partial charge >= 0.3 is 5.97 Å². The first-order valence-electron chi connectivity index (χ1n) is 24.8. The van der Waals surface area contributed by atoms with Crippen molar-refractivity contribution >= 4 is 17.8 Å². The zero-order valence-electron chi connectivity index (χ0n) is 41.9. The van der Waals surface area contributed by atoms with Crippen LogP contribution in [0.15, 0.2) is 0 Å². The molecule has 6 aliphatic heterocycles. The van der Waals surface area contributed by atoms with Gasteiger partial charge in [0.05, 0.1) is 51.8 Å². The summed E-state index contributed by atoms with van der Waals surface area (Å²) in [6, 6.07) is -3.60. The molecule has 36 heteroatoms. The van der Waals surface area contributed by atoms with E-state index in [0.29, 0.717) is 0 Å².